The number of nitrogens with one attached hydrogen (secondary N) is 1. The molecule has 8 nitrogen and oxygen atoms in total. The first kappa shape index (κ1) is 14.7. The number of aromatic nitrogens is 4. The molecular weight excluding hydrogens is 310 g/mol. The van der Waals surface area contributed by atoms with Crippen LogP contribution in [0.15, 0.2) is 29.3 Å². The van der Waals surface area contributed by atoms with Crippen LogP contribution in [0, 0.1) is 6.92 Å². The smallest absolute Gasteiger partial charge is 0.259 e. The van der Waals surface area contributed by atoms with Gasteiger partial charge in [0, 0.05) is 12.7 Å². The van der Waals surface area contributed by atoms with E-state index in [9.17, 15) is 4.79 Å². The number of hydrogen-bond donors (Lipinski definition) is 1. The molecule has 3 aromatic rings. The second kappa shape index (κ2) is 5.95. The number of likely N-dealkylation sites (tertiary alicyclic amines) is 1. The number of aromatic amines is 1. The number of piperidine rings is 1. The molecule has 0 radical (unpaired) electrons. The molecule has 124 valence electrons. The summed E-state index contributed by atoms with van der Waals surface area (Å²) >= 11 is 0. The molecule has 0 unspecified atom stereocenters. The second-order valence-electron chi connectivity index (χ2n) is 5.85. The maximum absolute atomic E-state index is 12.6. The number of ether oxygens (including phenoxy) is 1. The quantitative estimate of drug-likeness (QED) is 0.789. The van der Waals surface area contributed by atoms with Crippen LogP contribution < -0.4 is 4.74 Å². The standard InChI is InChI=1S/C16H17N5O3/c1-10-13(7-20-24-10)16(22)21-6-2-3-11(8-21)23-15-12-4-5-17-14(12)18-9-19-15/h4-5,7,9,11H,2-3,6,8H2,1H3,(H,17,18,19)/t11-/m0/s1. The Morgan fingerprint density at radius 2 is 2.38 bits per heavy atom. The number of carbonyl (C=O) groups excluding carboxylic acids is 1. The first-order valence-electron chi connectivity index (χ1n) is 7.87. The number of fused-ring (bicyclic) bond motifs is 1. The summed E-state index contributed by atoms with van der Waals surface area (Å²) in [4.78, 5) is 25.8. The van der Waals surface area contributed by atoms with Crippen LogP contribution in [0.4, 0.5) is 0 Å². The summed E-state index contributed by atoms with van der Waals surface area (Å²) in [6, 6.07) is 1.89. The molecule has 1 N–H and O–H groups in total. The van der Waals surface area contributed by atoms with Gasteiger partial charge in [-0.25, -0.2) is 9.97 Å². The SMILES string of the molecule is Cc1oncc1C(=O)N1CCC[C@H](Oc2ncnc3[nH]ccc23)C1. The van der Waals surface area contributed by atoms with Crippen LogP contribution >= 0.6 is 0 Å². The fourth-order valence-corrected chi connectivity index (χ4v) is 2.99. The van der Waals surface area contributed by atoms with Crippen molar-refractivity contribution in [2.45, 2.75) is 25.9 Å². The number of carbonyl (C=O) groups is 1. The van der Waals surface area contributed by atoms with Crippen molar-refractivity contribution in [3.63, 3.8) is 0 Å². The van der Waals surface area contributed by atoms with E-state index in [0.717, 1.165) is 23.9 Å². The summed E-state index contributed by atoms with van der Waals surface area (Å²) in [5, 5.41) is 4.52. The molecule has 1 amide bonds. The molecule has 0 spiro atoms. The zero-order valence-electron chi connectivity index (χ0n) is 13.2. The summed E-state index contributed by atoms with van der Waals surface area (Å²) in [6.45, 7) is 2.95. The van der Waals surface area contributed by atoms with Gasteiger partial charge >= 0.3 is 0 Å². The number of nitrogens with zero attached hydrogens (tertiary/aromatic N) is 4. The molecule has 0 saturated carbocycles. The Bertz CT molecular complexity index is 871. The average Bonchev–Trinajstić information content (AvgIpc) is 3.24. The zero-order chi connectivity index (χ0) is 16.5. The van der Waals surface area contributed by atoms with Crippen LogP contribution in [-0.2, 0) is 0 Å². The minimum absolute atomic E-state index is 0.0727. The van der Waals surface area contributed by atoms with Crippen molar-refractivity contribution in [2.24, 2.45) is 0 Å². The molecule has 0 aromatic carbocycles. The van der Waals surface area contributed by atoms with Gasteiger partial charge in [-0.2, -0.15) is 0 Å². The number of hydrogen-bond acceptors (Lipinski definition) is 6. The topological polar surface area (TPSA) is 97.1 Å². The molecule has 0 bridgehead atoms. The van der Waals surface area contributed by atoms with Crippen LogP contribution in [0.3, 0.4) is 0 Å². The number of rotatable bonds is 3. The Morgan fingerprint density at radius 1 is 1.46 bits per heavy atom. The van der Waals surface area contributed by atoms with E-state index in [0.29, 0.717) is 30.3 Å². The van der Waals surface area contributed by atoms with Crippen LogP contribution in [-0.4, -0.2) is 50.1 Å². The largest absolute Gasteiger partial charge is 0.472 e. The molecule has 1 atom stereocenters. The van der Waals surface area contributed by atoms with Crippen molar-refractivity contribution < 1.29 is 14.1 Å². The van der Waals surface area contributed by atoms with Gasteiger partial charge in [-0.1, -0.05) is 5.16 Å². The summed E-state index contributed by atoms with van der Waals surface area (Å²) in [7, 11) is 0. The first-order chi connectivity index (χ1) is 11.7. The van der Waals surface area contributed by atoms with E-state index < -0.39 is 0 Å². The zero-order valence-corrected chi connectivity index (χ0v) is 13.2. The van der Waals surface area contributed by atoms with E-state index in [4.69, 9.17) is 9.26 Å². The molecular formula is C16H17N5O3. The Kier molecular flexibility index (Phi) is 3.64. The van der Waals surface area contributed by atoms with Crippen LogP contribution in [0.2, 0.25) is 0 Å². The highest BCUT2D eigenvalue weighted by Gasteiger charge is 2.28. The van der Waals surface area contributed by atoms with Crippen molar-refractivity contribution in [3.05, 3.63) is 36.1 Å². The maximum Gasteiger partial charge on any atom is 0.259 e. The highest BCUT2D eigenvalue weighted by molar-refractivity contribution is 5.94. The minimum atomic E-state index is -0.101. The predicted molar refractivity (Wildman–Crippen MR) is 84.7 cm³/mol. The predicted octanol–water partition coefficient (Wildman–Crippen LogP) is 1.94. The highest BCUT2D eigenvalue weighted by Crippen LogP contribution is 2.24. The third-order valence-electron chi connectivity index (χ3n) is 4.24. The summed E-state index contributed by atoms with van der Waals surface area (Å²) in [6.07, 6.45) is 6.40. The number of aryl methyl sites for hydroxylation is 1. The van der Waals surface area contributed by atoms with Gasteiger partial charge in [0.1, 0.15) is 29.4 Å². The Balaban J connectivity index is 1.50. The molecule has 1 saturated heterocycles. The van der Waals surface area contributed by atoms with E-state index in [1.807, 2.05) is 6.07 Å². The van der Waals surface area contributed by atoms with E-state index in [1.165, 1.54) is 12.5 Å². The van der Waals surface area contributed by atoms with Crippen molar-refractivity contribution in [2.75, 3.05) is 13.1 Å². The lowest BCUT2D eigenvalue weighted by Gasteiger charge is -2.32. The van der Waals surface area contributed by atoms with E-state index in [-0.39, 0.29) is 12.0 Å². The average molecular weight is 327 g/mol. The molecule has 0 aliphatic carbocycles. The monoisotopic (exact) mass is 327 g/mol. The third-order valence-corrected chi connectivity index (χ3v) is 4.24. The Labute approximate surface area is 137 Å². The number of H-pyrrole nitrogens is 1. The summed E-state index contributed by atoms with van der Waals surface area (Å²) in [5.41, 5.74) is 1.24. The van der Waals surface area contributed by atoms with Gasteiger partial charge in [-0.3, -0.25) is 4.79 Å². The molecule has 24 heavy (non-hydrogen) atoms. The lowest BCUT2D eigenvalue weighted by molar-refractivity contribution is 0.0530. The van der Waals surface area contributed by atoms with Gasteiger partial charge in [0.25, 0.3) is 5.91 Å². The van der Waals surface area contributed by atoms with Crippen LogP contribution in [0.1, 0.15) is 29.0 Å². The summed E-state index contributed by atoms with van der Waals surface area (Å²) < 4.78 is 11.0. The van der Waals surface area contributed by atoms with E-state index in [1.54, 1.807) is 18.0 Å². The van der Waals surface area contributed by atoms with Gasteiger partial charge < -0.3 is 19.1 Å². The number of amides is 1. The van der Waals surface area contributed by atoms with Crippen molar-refractivity contribution in [1.29, 1.82) is 0 Å². The minimum Gasteiger partial charge on any atom is -0.472 e. The fourth-order valence-electron chi connectivity index (χ4n) is 2.99. The van der Waals surface area contributed by atoms with Gasteiger partial charge in [0.15, 0.2) is 0 Å². The van der Waals surface area contributed by atoms with E-state index in [2.05, 4.69) is 20.1 Å². The van der Waals surface area contributed by atoms with E-state index >= 15 is 0 Å². The highest BCUT2D eigenvalue weighted by atomic mass is 16.5. The lowest BCUT2D eigenvalue weighted by atomic mass is 10.1. The maximum atomic E-state index is 12.6. The Hall–Kier alpha value is -2.90. The van der Waals surface area contributed by atoms with Crippen LogP contribution in [0.5, 0.6) is 5.88 Å². The molecule has 8 heteroatoms. The fraction of sp³-hybridized carbons (Fsp3) is 0.375. The Morgan fingerprint density at radius 3 is 3.21 bits per heavy atom. The van der Waals surface area contributed by atoms with Crippen molar-refractivity contribution in [3.8, 4) is 5.88 Å². The third kappa shape index (κ3) is 2.60. The van der Waals surface area contributed by atoms with Gasteiger partial charge in [-0.15, -0.1) is 0 Å². The molecule has 4 rings (SSSR count). The summed E-state index contributed by atoms with van der Waals surface area (Å²) in [5.74, 6) is 1.01. The molecule has 1 aliphatic rings. The van der Waals surface area contributed by atoms with Gasteiger partial charge in [-0.05, 0) is 25.8 Å². The molecule has 1 aliphatic heterocycles. The van der Waals surface area contributed by atoms with Gasteiger partial charge in [0.05, 0.1) is 18.1 Å². The normalized spacial score (nSPS) is 18.0. The molecule has 4 heterocycles. The van der Waals surface area contributed by atoms with Crippen LogP contribution in [0.25, 0.3) is 11.0 Å². The van der Waals surface area contributed by atoms with Crippen molar-refractivity contribution in [1.82, 2.24) is 25.0 Å². The first-order valence-corrected chi connectivity index (χ1v) is 7.87. The molecule has 3 aromatic heterocycles. The van der Waals surface area contributed by atoms with Gasteiger partial charge in [0.2, 0.25) is 5.88 Å². The molecule has 1 fully saturated rings. The van der Waals surface area contributed by atoms with Crippen molar-refractivity contribution >= 4 is 16.9 Å². The lowest BCUT2D eigenvalue weighted by Crippen LogP contribution is -2.44. The second-order valence-corrected chi connectivity index (χ2v) is 5.85.